The number of halogens is 2. The Morgan fingerprint density at radius 1 is 1.40 bits per heavy atom. The van der Waals surface area contributed by atoms with Crippen LogP contribution in [0.3, 0.4) is 0 Å². The fourth-order valence-electron chi connectivity index (χ4n) is 1.34. The molecule has 0 bridgehead atoms. The zero-order valence-electron chi connectivity index (χ0n) is 10.8. The number of hydrogen-bond donors (Lipinski definition) is 2. The highest BCUT2D eigenvalue weighted by Gasteiger charge is 2.02. The Balaban J connectivity index is 2.13. The Morgan fingerprint density at radius 3 is 2.85 bits per heavy atom. The molecule has 0 aliphatic heterocycles. The second-order valence-corrected chi connectivity index (χ2v) is 5.19. The average molecular weight is 361 g/mol. The highest BCUT2D eigenvalue weighted by molar-refractivity contribution is 9.10. The van der Waals surface area contributed by atoms with Crippen molar-refractivity contribution in [2.24, 2.45) is 0 Å². The van der Waals surface area contributed by atoms with Gasteiger partial charge in [0.25, 0.3) is 0 Å². The van der Waals surface area contributed by atoms with Crippen molar-refractivity contribution in [1.82, 2.24) is 10.6 Å². The molecular formula is C13H15BrClN3O2. The lowest BCUT2D eigenvalue weighted by Gasteiger charge is -2.09. The van der Waals surface area contributed by atoms with Crippen molar-refractivity contribution in [1.29, 1.82) is 5.26 Å². The average Bonchev–Trinajstić information content (AvgIpc) is 2.41. The van der Waals surface area contributed by atoms with Gasteiger partial charge in [-0.05, 0) is 24.6 Å². The lowest BCUT2D eigenvalue weighted by molar-refractivity contribution is 0.239. The molecule has 2 amide bonds. The summed E-state index contributed by atoms with van der Waals surface area (Å²) < 4.78 is 6.40. The fraction of sp³-hybridized carbons (Fsp3) is 0.385. The molecule has 0 radical (unpaired) electrons. The number of benzene rings is 1. The van der Waals surface area contributed by atoms with E-state index in [-0.39, 0.29) is 6.03 Å². The molecule has 1 rings (SSSR count). The van der Waals surface area contributed by atoms with Crippen molar-refractivity contribution < 1.29 is 9.53 Å². The van der Waals surface area contributed by atoms with Gasteiger partial charge in [0.1, 0.15) is 5.75 Å². The van der Waals surface area contributed by atoms with E-state index in [4.69, 9.17) is 21.6 Å². The maximum Gasteiger partial charge on any atom is 0.314 e. The molecule has 0 aliphatic rings. The van der Waals surface area contributed by atoms with Gasteiger partial charge in [-0.1, -0.05) is 27.5 Å². The summed E-state index contributed by atoms with van der Waals surface area (Å²) in [6.07, 6.45) is 0.969. The number of amides is 2. The Hall–Kier alpha value is -1.45. The number of carbonyl (C=O) groups excluding carboxylic acids is 1. The van der Waals surface area contributed by atoms with E-state index >= 15 is 0 Å². The first-order valence-electron chi connectivity index (χ1n) is 6.10. The first kappa shape index (κ1) is 16.6. The van der Waals surface area contributed by atoms with Crippen molar-refractivity contribution >= 4 is 33.6 Å². The molecule has 0 saturated carbocycles. The van der Waals surface area contributed by atoms with Crippen LogP contribution in [0.4, 0.5) is 4.79 Å². The SMILES string of the molecule is N#CCCNC(=O)NCCCOc1ccc(Br)cc1Cl. The van der Waals surface area contributed by atoms with Gasteiger partial charge in [-0.25, -0.2) is 4.79 Å². The number of nitrogens with one attached hydrogen (secondary N) is 2. The molecule has 1 aromatic rings. The Morgan fingerprint density at radius 2 is 2.15 bits per heavy atom. The summed E-state index contributed by atoms with van der Waals surface area (Å²) in [4.78, 5) is 11.2. The first-order valence-corrected chi connectivity index (χ1v) is 7.27. The van der Waals surface area contributed by atoms with E-state index in [1.165, 1.54) is 0 Å². The molecule has 0 aromatic heterocycles. The van der Waals surface area contributed by atoms with Gasteiger partial charge in [-0.3, -0.25) is 0 Å². The molecule has 0 aliphatic carbocycles. The summed E-state index contributed by atoms with van der Waals surface area (Å²) in [5, 5.41) is 14.1. The second kappa shape index (κ2) is 9.45. The highest BCUT2D eigenvalue weighted by Crippen LogP contribution is 2.27. The number of hydrogen-bond acceptors (Lipinski definition) is 3. The summed E-state index contributed by atoms with van der Waals surface area (Å²) in [5.74, 6) is 0.619. The number of nitrogens with zero attached hydrogens (tertiary/aromatic N) is 1. The van der Waals surface area contributed by atoms with Gasteiger partial charge in [0, 0.05) is 17.6 Å². The molecule has 0 heterocycles. The molecule has 0 unspecified atom stereocenters. The predicted molar refractivity (Wildman–Crippen MR) is 80.9 cm³/mol. The van der Waals surface area contributed by atoms with Crippen LogP contribution in [0.25, 0.3) is 0 Å². The maximum atomic E-state index is 11.2. The van der Waals surface area contributed by atoms with Crippen molar-refractivity contribution in [2.45, 2.75) is 12.8 Å². The lowest BCUT2D eigenvalue weighted by atomic mass is 10.3. The van der Waals surface area contributed by atoms with Gasteiger partial charge in [0.2, 0.25) is 0 Å². The molecule has 5 nitrogen and oxygen atoms in total. The van der Waals surface area contributed by atoms with Crippen molar-refractivity contribution in [3.63, 3.8) is 0 Å². The Bertz CT molecular complexity index is 491. The zero-order valence-corrected chi connectivity index (χ0v) is 13.1. The highest BCUT2D eigenvalue weighted by atomic mass is 79.9. The minimum atomic E-state index is -0.276. The number of carbonyl (C=O) groups is 1. The van der Waals surface area contributed by atoms with Gasteiger partial charge in [0.05, 0.1) is 24.1 Å². The summed E-state index contributed by atoms with van der Waals surface area (Å²) in [6.45, 7) is 1.31. The van der Waals surface area contributed by atoms with Crippen molar-refractivity contribution in [3.05, 3.63) is 27.7 Å². The lowest BCUT2D eigenvalue weighted by Crippen LogP contribution is -2.36. The van der Waals surface area contributed by atoms with Crippen LogP contribution in [-0.2, 0) is 0 Å². The van der Waals surface area contributed by atoms with E-state index in [9.17, 15) is 4.79 Å². The summed E-state index contributed by atoms with van der Waals surface area (Å²) in [6, 6.07) is 7.07. The summed E-state index contributed by atoms with van der Waals surface area (Å²) in [7, 11) is 0. The molecular weight excluding hydrogens is 346 g/mol. The number of nitriles is 1. The van der Waals surface area contributed by atoms with Crippen LogP contribution >= 0.6 is 27.5 Å². The number of urea groups is 1. The standard InChI is InChI=1S/C13H15BrClN3O2/c14-10-3-4-12(11(15)9-10)20-8-2-7-18-13(19)17-6-1-5-16/h3-4,9H,1-2,6-8H2,(H2,17,18,19). The monoisotopic (exact) mass is 359 g/mol. The van der Waals surface area contributed by atoms with E-state index in [0.717, 1.165) is 4.47 Å². The summed E-state index contributed by atoms with van der Waals surface area (Å²) in [5.41, 5.74) is 0. The quantitative estimate of drug-likeness (QED) is 0.734. The van der Waals surface area contributed by atoms with Gasteiger partial charge in [0.15, 0.2) is 0 Å². The Kier molecular flexibility index (Phi) is 7.85. The van der Waals surface area contributed by atoms with Gasteiger partial charge >= 0.3 is 6.03 Å². The molecule has 2 N–H and O–H groups in total. The van der Waals surface area contributed by atoms with E-state index in [0.29, 0.717) is 43.3 Å². The summed E-state index contributed by atoms with van der Waals surface area (Å²) >= 11 is 9.32. The molecule has 108 valence electrons. The second-order valence-electron chi connectivity index (χ2n) is 3.87. The largest absolute Gasteiger partial charge is 0.492 e. The van der Waals surface area contributed by atoms with Gasteiger partial charge < -0.3 is 15.4 Å². The fourth-order valence-corrected chi connectivity index (χ4v) is 2.07. The van der Waals surface area contributed by atoms with Crippen LogP contribution in [0.2, 0.25) is 5.02 Å². The van der Waals surface area contributed by atoms with E-state index in [1.807, 2.05) is 12.1 Å². The normalized spacial score (nSPS) is 9.65. The number of ether oxygens (including phenoxy) is 1. The van der Waals surface area contributed by atoms with E-state index in [2.05, 4.69) is 26.6 Å². The third kappa shape index (κ3) is 6.64. The Labute approximate surface area is 131 Å². The predicted octanol–water partition coefficient (Wildman–Crippen LogP) is 3.08. The third-order valence-corrected chi connectivity index (χ3v) is 3.07. The van der Waals surface area contributed by atoms with Crippen LogP contribution in [0.5, 0.6) is 5.75 Å². The molecule has 1 aromatic carbocycles. The van der Waals surface area contributed by atoms with Gasteiger partial charge in [-0.15, -0.1) is 0 Å². The minimum Gasteiger partial charge on any atom is -0.492 e. The first-order chi connectivity index (χ1) is 9.63. The molecule has 20 heavy (non-hydrogen) atoms. The molecule has 0 fully saturated rings. The van der Waals surface area contributed by atoms with Crippen LogP contribution in [-0.4, -0.2) is 25.7 Å². The van der Waals surface area contributed by atoms with Crippen molar-refractivity contribution in [2.75, 3.05) is 19.7 Å². The molecule has 0 spiro atoms. The van der Waals surface area contributed by atoms with Crippen LogP contribution in [0.15, 0.2) is 22.7 Å². The van der Waals surface area contributed by atoms with Crippen LogP contribution in [0.1, 0.15) is 12.8 Å². The molecule has 0 saturated heterocycles. The van der Waals surface area contributed by atoms with Crippen LogP contribution in [0, 0.1) is 11.3 Å². The number of rotatable bonds is 7. The van der Waals surface area contributed by atoms with E-state index < -0.39 is 0 Å². The smallest absolute Gasteiger partial charge is 0.314 e. The minimum absolute atomic E-state index is 0.276. The third-order valence-electron chi connectivity index (χ3n) is 2.28. The van der Waals surface area contributed by atoms with Gasteiger partial charge in [-0.2, -0.15) is 5.26 Å². The van der Waals surface area contributed by atoms with Crippen LogP contribution < -0.4 is 15.4 Å². The molecule has 7 heteroatoms. The van der Waals surface area contributed by atoms with E-state index in [1.54, 1.807) is 12.1 Å². The van der Waals surface area contributed by atoms with Crippen molar-refractivity contribution in [3.8, 4) is 11.8 Å². The topological polar surface area (TPSA) is 74.2 Å². The maximum absolute atomic E-state index is 11.2. The zero-order chi connectivity index (χ0) is 14.8. The molecule has 0 atom stereocenters.